The molecule has 1 saturated carbocycles. The highest BCUT2D eigenvalue weighted by atomic mass is 79.9. The van der Waals surface area contributed by atoms with E-state index in [2.05, 4.69) is 52.0 Å². The molecule has 0 bridgehead atoms. The summed E-state index contributed by atoms with van der Waals surface area (Å²) in [5.74, 6) is 0. The van der Waals surface area contributed by atoms with Crippen molar-refractivity contribution in [2.75, 3.05) is 13.1 Å². The van der Waals surface area contributed by atoms with Crippen LogP contribution in [-0.4, -0.2) is 24.0 Å². The molecular weight excluding hydrogens is 324 g/mol. The van der Waals surface area contributed by atoms with Crippen LogP contribution in [0.25, 0.3) is 0 Å². The minimum atomic E-state index is 0.154. The molecular formula is C18H27BrN2. The van der Waals surface area contributed by atoms with Gasteiger partial charge in [0.1, 0.15) is 0 Å². The Hall–Kier alpha value is -0.380. The van der Waals surface area contributed by atoms with Gasteiger partial charge in [0.25, 0.3) is 0 Å². The molecule has 21 heavy (non-hydrogen) atoms. The van der Waals surface area contributed by atoms with Crippen LogP contribution in [0.5, 0.6) is 0 Å². The van der Waals surface area contributed by atoms with Crippen molar-refractivity contribution in [3.05, 3.63) is 34.3 Å². The Labute approximate surface area is 137 Å². The summed E-state index contributed by atoms with van der Waals surface area (Å²) in [6.45, 7) is 4.55. The summed E-state index contributed by atoms with van der Waals surface area (Å²) in [5.41, 5.74) is 8.37. The number of benzene rings is 1. The van der Waals surface area contributed by atoms with E-state index in [1.165, 1.54) is 61.7 Å². The van der Waals surface area contributed by atoms with E-state index in [1.807, 2.05) is 0 Å². The third-order valence-corrected chi connectivity index (χ3v) is 6.36. The predicted octanol–water partition coefficient (Wildman–Crippen LogP) is 4.49. The highest BCUT2D eigenvalue weighted by Gasteiger charge is 2.39. The number of hydrogen-bond acceptors (Lipinski definition) is 2. The quantitative estimate of drug-likeness (QED) is 0.869. The summed E-state index contributed by atoms with van der Waals surface area (Å²) in [7, 11) is 0. The second-order valence-corrected chi connectivity index (χ2v) is 7.92. The molecule has 2 N–H and O–H groups in total. The maximum Gasteiger partial charge on any atom is 0.0507 e. The molecule has 2 unspecified atom stereocenters. The van der Waals surface area contributed by atoms with Crippen LogP contribution in [0.3, 0.4) is 0 Å². The number of nitrogens with zero attached hydrogens (tertiary/aromatic N) is 1. The molecule has 2 aliphatic rings. The van der Waals surface area contributed by atoms with Crippen LogP contribution in [0.1, 0.15) is 57.1 Å². The first-order valence-corrected chi connectivity index (χ1v) is 9.15. The summed E-state index contributed by atoms with van der Waals surface area (Å²) in [6.07, 6.45) is 8.53. The monoisotopic (exact) mass is 350 g/mol. The fourth-order valence-electron chi connectivity index (χ4n) is 4.43. The average Bonchev–Trinajstić information content (AvgIpc) is 2.92. The van der Waals surface area contributed by atoms with E-state index >= 15 is 0 Å². The zero-order valence-corrected chi connectivity index (χ0v) is 14.6. The SMILES string of the molecule is CC(N)C(c1ccccc1Br)N1CCC2(CCCC2)CC1. The van der Waals surface area contributed by atoms with Crippen LogP contribution >= 0.6 is 15.9 Å². The minimum absolute atomic E-state index is 0.154. The normalized spacial score (nSPS) is 25.1. The maximum atomic E-state index is 6.35. The highest BCUT2D eigenvalue weighted by Crippen LogP contribution is 2.47. The standard InChI is InChI=1S/C18H27BrN2/c1-14(20)17(15-6-2-3-7-16(15)19)21-12-10-18(11-13-21)8-4-5-9-18/h2-3,6-7,14,17H,4-5,8-13,20H2,1H3. The molecule has 1 aromatic carbocycles. The van der Waals surface area contributed by atoms with Gasteiger partial charge in [-0.05, 0) is 62.7 Å². The second kappa shape index (κ2) is 6.39. The number of rotatable bonds is 3. The Morgan fingerprint density at radius 2 is 1.71 bits per heavy atom. The first-order valence-electron chi connectivity index (χ1n) is 8.35. The van der Waals surface area contributed by atoms with Crippen molar-refractivity contribution in [2.24, 2.45) is 11.1 Å². The largest absolute Gasteiger partial charge is 0.326 e. The number of likely N-dealkylation sites (tertiary alicyclic amines) is 1. The van der Waals surface area contributed by atoms with E-state index in [-0.39, 0.29) is 6.04 Å². The van der Waals surface area contributed by atoms with Gasteiger partial charge in [-0.25, -0.2) is 0 Å². The van der Waals surface area contributed by atoms with Crippen molar-refractivity contribution in [1.82, 2.24) is 4.90 Å². The summed E-state index contributed by atoms with van der Waals surface area (Å²) in [4.78, 5) is 2.62. The van der Waals surface area contributed by atoms with Gasteiger partial charge in [-0.2, -0.15) is 0 Å². The molecule has 1 heterocycles. The molecule has 116 valence electrons. The van der Waals surface area contributed by atoms with E-state index in [0.29, 0.717) is 11.5 Å². The molecule has 1 aliphatic heterocycles. The van der Waals surface area contributed by atoms with Crippen molar-refractivity contribution < 1.29 is 0 Å². The van der Waals surface area contributed by atoms with Gasteiger partial charge in [0.05, 0.1) is 6.04 Å². The Balaban J connectivity index is 1.76. The lowest BCUT2D eigenvalue weighted by molar-refractivity contribution is 0.0675. The number of piperidine rings is 1. The topological polar surface area (TPSA) is 29.3 Å². The van der Waals surface area contributed by atoms with Gasteiger partial charge in [0.15, 0.2) is 0 Å². The van der Waals surface area contributed by atoms with Gasteiger partial charge < -0.3 is 5.73 Å². The molecule has 2 fully saturated rings. The molecule has 2 nitrogen and oxygen atoms in total. The molecule has 0 radical (unpaired) electrons. The van der Waals surface area contributed by atoms with E-state index < -0.39 is 0 Å². The average molecular weight is 351 g/mol. The van der Waals surface area contributed by atoms with Crippen molar-refractivity contribution in [3.63, 3.8) is 0 Å². The third kappa shape index (κ3) is 3.20. The van der Waals surface area contributed by atoms with Gasteiger partial charge in [-0.1, -0.05) is 47.0 Å². The molecule has 2 atom stereocenters. The Kier molecular flexibility index (Phi) is 4.72. The van der Waals surface area contributed by atoms with Crippen molar-refractivity contribution >= 4 is 15.9 Å². The van der Waals surface area contributed by atoms with Gasteiger partial charge >= 0.3 is 0 Å². The molecule has 1 saturated heterocycles. The zero-order valence-electron chi connectivity index (χ0n) is 13.0. The van der Waals surface area contributed by atoms with Gasteiger partial charge in [0, 0.05) is 10.5 Å². The van der Waals surface area contributed by atoms with Crippen LogP contribution in [0, 0.1) is 5.41 Å². The lowest BCUT2D eigenvalue weighted by atomic mass is 9.76. The summed E-state index contributed by atoms with van der Waals surface area (Å²) >= 11 is 3.71. The molecule has 0 aromatic heterocycles. The van der Waals surface area contributed by atoms with E-state index in [4.69, 9.17) is 5.73 Å². The van der Waals surface area contributed by atoms with Crippen molar-refractivity contribution in [2.45, 2.75) is 57.5 Å². The van der Waals surface area contributed by atoms with E-state index in [0.717, 1.165) is 0 Å². The molecule has 0 amide bonds. The first kappa shape index (κ1) is 15.5. The number of nitrogens with two attached hydrogens (primary N) is 1. The number of halogens is 1. The molecule has 1 spiro atoms. The van der Waals surface area contributed by atoms with Crippen LogP contribution in [-0.2, 0) is 0 Å². The van der Waals surface area contributed by atoms with Crippen LogP contribution in [0.15, 0.2) is 28.7 Å². The molecule has 3 heteroatoms. The van der Waals surface area contributed by atoms with E-state index in [9.17, 15) is 0 Å². The summed E-state index contributed by atoms with van der Waals surface area (Å²) in [5, 5.41) is 0. The molecule has 1 aliphatic carbocycles. The Bertz CT molecular complexity index is 470. The first-order chi connectivity index (χ1) is 10.1. The fraction of sp³-hybridized carbons (Fsp3) is 0.667. The minimum Gasteiger partial charge on any atom is -0.326 e. The number of hydrogen-bond donors (Lipinski definition) is 1. The van der Waals surface area contributed by atoms with Crippen molar-refractivity contribution in [3.8, 4) is 0 Å². The second-order valence-electron chi connectivity index (χ2n) is 7.07. The molecule has 3 rings (SSSR count). The lowest BCUT2D eigenvalue weighted by Crippen LogP contribution is -2.46. The van der Waals surface area contributed by atoms with Gasteiger partial charge in [-0.3, -0.25) is 4.90 Å². The fourth-order valence-corrected chi connectivity index (χ4v) is 4.95. The zero-order chi connectivity index (χ0) is 14.9. The van der Waals surface area contributed by atoms with Crippen LogP contribution < -0.4 is 5.73 Å². The maximum absolute atomic E-state index is 6.35. The van der Waals surface area contributed by atoms with E-state index in [1.54, 1.807) is 0 Å². The summed E-state index contributed by atoms with van der Waals surface area (Å²) in [6, 6.07) is 9.04. The molecule has 1 aromatic rings. The van der Waals surface area contributed by atoms with Crippen molar-refractivity contribution in [1.29, 1.82) is 0 Å². The Morgan fingerprint density at radius 1 is 1.10 bits per heavy atom. The van der Waals surface area contributed by atoms with Gasteiger partial charge in [0.2, 0.25) is 0 Å². The van der Waals surface area contributed by atoms with Gasteiger partial charge in [-0.15, -0.1) is 0 Å². The predicted molar refractivity (Wildman–Crippen MR) is 92.2 cm³/mol. The summed E-state index contributed by atoms with van der Waals surface area (Å²) < 4.78 is 1.19. The highest BCUT2D eigenvalue weighted by molar-refractivity contribution is 9.10. The smallest absolute Gasteiger partial charge is 0.0507 e. The Morgan fingerprint density at radius 3 is 2.29 bits per heavy atom. The third-order valence-electron chi connectivity index (χ3n) is 5.64. The lowest BCUT2D eigenvalue weighted by Gasteiger charge is -2.44. The van der Waals surface area contributed by atoms with Crippen LogP contribution in [0.4, 0.5) is 0 Å². The van der Waals surface area contributed by atoms with Crippen LogP contribution in [0.2, 0.25) is 0 Å².